The maximum Gasteiger partial charge on any atom is 0.265 e. The number of carbonyl (C=O) groups excluding carboxylic acids is 2. The summed E-state index contributed by atoms with van der Waals surface area (Å²) in [5, 5.41) is 3.26. The molecule has 4 aliphatic carbocycles. The van der Waals surface area contributed by atoms with Gasteiger partial charge in [0, 0.05) is 6.04 Å². The Morgan fingerprint density at radius 2 is 1.81 bits per heavy atom. The van der Waals surface area contributed by atoms with Crippen LogP contribution in [0.3, 0.4) is 0 Å². The summed E-state index contributed by atoms with van der Waals surface area (Å²) in [6.07, 6.45) is 8.00. The summed E-state index contributed by atoms with van der Waals surface area (Å²) >= 11 is 0. The van der Waals surface area contributed by atoms with E-state index in [0.29, 0.717) is 11.4 Å². The van der Waals surface area contributed by atoms with Crippen LogP contribution in [0.5, 0.6) is 5.75 Å². The van der Waals surface area contributed by atoms with Crippen molar-refractivity contribution in [2.75, 3.05) is 18.1 Å². The summed E-state index contributed by atoms with van der Waals surface area (Å²) in [6, 6.07) is 7.59. The van der Waals surface area contributed by atoms with E-state index in [9.17, 15) is 9.59 Å². The second-order valence-corrected chi connectivity index (χ2v) is 9.31. The van der Waals surface area contributed by atoms with Gasteiger partial charge in [0.05, 0.1) is 5.69 Å². The predicted molar refractivity (Wildman–Crippen MR) is 102 cm³/mol. The van der Waals surface area contributed by atoms with E-state index in [-0.39, 0.29) is 36.4 Å². The third kappa shape index (κ3) is 2.91. The van der Waals surface area contributed by atoms with Crippen LogP contribution in [0.15, 0.2) is 24.3 Å². The van der Waals surface area contributed by atoms with Crippen LogP contribution in [0.1, 0.15) is 45.4 Å². The van der Waals surface area contributed by atoms with E-state index in [4.69, 9.17) is 4.74 Å². The van der Waals surface area contributed by atoms with Gasteiger partial charge in [0.2, 0.25) is 5.91 Å². The summed E-state index contributed by atoms with van der Waals surface area (Å²) in [7, 11) is 0. The fourth-order valence-electron chi connectivity index (χ4n) is 6.62. The Balaban J connectivity index is 1.28. The third-order valence-electron chi connectivity index (χ3n) is 7.49. The van der Waals surface area contributed by atoms with Gasteiger partial charge in [-0.05, 0) is 80.8 Å². The number of rotatable bonds is 4. The highest BCUT2D eigenvalue weighted by molar-refractivity contribution is 6.02. The zero-order valence-electron chi connectivity index (χ0n) is 15.9. The van der Waals surface area contributed by atoms with Gasteiger partial charge >= 0.3 is 0 Å². The van der Waals surface area contributed by atoms with Crippen molar-refractivity contribution in [3.63, 3.8) is 0 Å². The lowest BCUT2D eigenvalue weighted by atomic mass is 9.48. The number of carbonyl (C=O) groups is 2. The molecule has 4 saturated carbocycles. The van der Waals surface area contributed by atoms with E-state index < -0.39 is 0 Å². The fraction of sp³-hybridized carbons (Fsp3) is 0.636. The van der Waals surface area contributed by atoms with Gasteiger partial charge in [-0.2, -0.15) is 0 Å². The first-order valence-electron chi connectivity index (χ1n) is 10.3. The lowest BCUT2D eigenvalue weighted by Crippen LogP contribution is -2.57. The van der Waals surface area contributed by atoms with Crippen molar-refractivity contribution in [2.45, 2.75) is 51.5 Å². The fourth-order valence-corrected chi connectivity index (χ4v) is 6.62. The van der Waals surface area contributed by atoms with Gasteiger partial charge in [0.1, 0.15) is 12.3 Å². The van der Waals surface area contributed by atoms with Gasteiger partial charge in [-0.25, -0.2) is 0 Å². The zero-order chi connectivity index (χ0) is 18.6. The SMILES string of the molecule is C[C@@H](NC(=O)CN1C(=O)COc2ccccc21)C12CC3CC(CC(C3)C1)C2. The predicted octanol–water partition coefficient (Wildman–Crippen LogP) is 3.13. The molecule has 1 heterocycles. The molecule has 1 aromatic carbocycles. The quantitative estimate of drug-likeness (QED) is 0.888. The molecule has 6 rings (SSSR count). The van der Waals surface area contributed by atoms with Crippen LogP contribution in [0.25, 0.3) is 0 Å². The molecule has 4 fully saturated rings. The maximum atomic E-state index is 12.8. The zero-order valence-corrected chi connectivity index (χ0v) is 15.9. The molecule has 1 aromatic rings. The Hall–Kier alpha value is -2.04. The van der Waals surface area contributed by atoms with E-state index in [0.717, 1.165) is 17.8 Å². The first-order chi connectivity index (χ1) is 13.0. The topological polar surface area (TPSA) is 58.6 Å². The Morgan fingerprint density at radius 3 is 2.48 bits per heavy atom. The van der Waals surface area contributed by atoms with Gasteiger partial charge in [0.15, 0.2) is 6.61 Å². The molecule has 5 aliphatic rings. The molecule has 4 bridgehead atoms. The molecule has 0 aromatic heterocycles. The summed E-state index contributed by atoms with van der Waals surface area (Å²) in [5.74, 6) is 3.03. The minimum atomic E-state index is -0.161. The Labute approximate surface area is 160 Å². The van der Waals surface area contributed by atoms with E-state index in [1.54, 1.807) is 4.90 Å². The van der Waals surface area contributed by atoms with Crippen molar-refractivity contribution in [2.24, 2.45) is 23.2 Å². The van der Waals surface area contributed by atoms with E-state index >= 15 is 0 Å². The molecule has 5 nitrogen and oxygen atoms in total. The molecule has 0 unspecified atom stereocenters. The van der Waals surface area contributed by atoms with Crippen molar-refractivity contribution >= 4 is 17.5 Å². The number of para-hydroxylation sites is 2. The van der Waals surface area contributed by atoms with Crippen LogP contribution in [0, 0.1) is 23.2 Å². The second-order valence-electron chi connectivity index (χ2n) is 9.31. The number of anilines is 1. The number of hydrogen-bond donors (Lipinski definition) is 1. The molecule has 144 valence electrons. The molecule has 0 spiro atoms. The number of benzene rings is 1. The molecule has 2 amide bonds. The number of amides is 2. The van der Waals surface area contributed by atoms with Crippen LogP contribution in [0.4, 0.5) is 5.69 Å². The van der Waals surface area contributed by atoms with Gasteiger partial charge in [-0.3, -0.25) is 14.5 Å². The standard InChI is InChI=1S/C22H28N2O3/c1-14(22-9-15-6-16(10-22)8-17(7-15)11-22)23-20(25)12-24-18-4-2-3-5-19(18)27-13-21(24)26/h2-5,14-17H,6-13H2,1H3,(H,23,25)/t14-,15?,16?,17?,22?/m1/s1. The number of fused-ring (bicyclic) bond motifs is 1. The van der Waals surface area contributed by atoms with E-state index in [1.807, 2.05) is 24.3 Å². The Kier molecular flexibility index (Phi) is 3.95. The van der Waals surface area contributed by atoms with Crippen molar-refractivity contribution in [1.29, 1.82) is 0 Å². The van der Waals surface area contributed by atoms with Crippen molar-refractivity contribution in [3.8, 4) is 5.75 Å². The normalized spacial score (nSPS) is 34.8. The monoisotopic (exact) mass is 368 g/mol. The lowest BCUT2D eigenvalue weighted by molar-refractivity contribution is -0.127. The average Bonchev–Trinajstić information content (AvgIpc) is 2.63. The molecule has 0 saturated heterocycles. The highest BCUT2D eigenvalue weighted by atomic mass is 16.5. The summed E-state index contributed by atoms with van der Waals surface area (Å²) in [4.78, 5) is 26.7. The Bertz CT molecular complexity index is 739. The average molecular weight is 368 g/mol. The summed E-state index contributed by atoms with van der Waals surface area (Å²) in [6.45, 7) is 2.24. The number of nitrogens with one attached hydrogen (secondary N) is 1. The van der Waals surface area contributed by atoms with Gasteiger partial charge in [-0.1, -0.05) is 12.1 Å². The van der Waals surface area contributed by atoms with Crippen molar-refractivity contribution in [1.82, 2.24) is 5.32 Å². The van der Waals surface area contributed by atoms with Crippen LogP contribution in [0.2, 0.25) is 0 Å². The molecule has 5 heteroatoms. The van der Waals surface area contributed by atoms with Crippen molar-refractivity contribution < 1.29 is 14.3 Å². The summed E-state index contributed by atoms with van der Waals surface area (Å²) < 4.78 is 5.47. The minimum Gasteiger partial charge on any atom is -0.482 e. The number of nitrogens with zero attached hydrogens (tertiary/aromatic N) is 1. The van der Waals surface area contributed by atoms with Crippen molar-refractivity contribution in [3.05, 3.63) is 24.3 Å². The first-order valence-corrected chi connectivity index (χ1v) is 10.3. The van der Waals surface area contributed by atoms with E-state index in [2.05, 4.69) is 12.2 Å². The van der Waals surface area contributed by atoms with Crippen LogP contribution >= 0.6 is 0 Å². The third-order valence-corrected chi connectivity index (χ3v) is 7.49. The first kappa shape index (κ1) is 17.1. The van der Waals surface area contributed by atoms with Crippen LogP contribution < -0.4 is 15.0 Å². The molecular formula is C22H28N2O3. The molecule has 1 N–H and O–H groups in total. The van der Waals surface area contributed by atoms with Gasteiger partial charge in [-0.15, -0.1) is 0 Å². The molecule has 0 radical (unpaired) electrons. The number of ether oxygens (including phenoxy) is 1. The van der Waals surface area contributed by atoms with Crippen LogP contribution in [-0.4, -0.2) is 31.0 Å². The maximum absolute atomic E-state index is 12.8. The largest absolute Gasteiger partial charge is 0.482 e. The highest BCUT2D eigenvalue weighted by Gasteiger charge is 2.53. The molecule has 27 heavy (non-hydrogen) atoms. The molecule has 1 atom stereocenters. The minimum absolute atomic E-state index is 0.00513. The Morgan fingerprint density at radius 1 is 1.19 bits per heavy atom. The second kappa shape index (κ2) is 6.25. The molecule has 1 aliphatic heterocycles. The van der Waals surface area contributed by atoms with Gasteiger partial charge in [0.25, 0.3) is 5.91 Å². The van der Waals surface area contributed by atoms with E-state index in [1.165, 1.54) is 38.5 Å². The van der Waals surface area contributed by atoms with Crippen LogP contribution in [-0.2, 0) is 9.59 Å². The van der Waals surface area contributed by atoms with Gasteiger partial charge < -0.3 is 10.1 Å². The lowest BCUT2D eigenvalue weighted by Gasteiger charge is -2.59. The molecular weight excluding hydrogens is 340 g/mol. The number of hydrogen-bond acceptors (Lipinski definition) is 3. The smallest absolute Gasteiger partial charge is 0.265 e. The highest BCUT2D eigenvalue weighted by Crippen LogP contribution is 2.61. The summed E-state index contributed by atoms with van der Waals surface area (Å²) in [5.41, 5.74) is 0.962.